The van der Waals surface area contributed by atoms with Gasteiger partial charge in [-0.2, -0.15) is 13.2 Å². The lowest BCUT2D eigenvalue weighted by molar-refractivity contribution is -0.138. The van der Waals surface area contributed by atoms with Crippen molar-refractivity contribution < 1.29 is 13.2 Å². The zero-order valence-corrected chi connectivity index (χ0v) is 10.6. The summed E-state index contributed by atoms with van der Waals surface area (Å²) in [6, 6.07) is 6.03. The quantitative estimate of drug-likeness (QED) is 0.873. The van der Waals surface area contributed by atoms with E-state index in [1.165, 1.54) is 0 Å². The van der Waals surface area contributed by atoms with E-state index in [0.717, 1.165) is 5.56 Å². The van der Waals surface area contributed by atoms with Crippen LogP contribution in [0.1, 0.15) is 43.4 Å². The van der Waals surface area contributed by atoms with E-state index >= 15 is 0 Å². The fourth-order valence-corrected chi connectivity index (χ4v) is 1.50. The Morgan fingerprint density at radius 1 is 1.06 bits per heavy atom. The van der Waals surface area contributed by atoms with Crippen molar-refractivity contribution >= 4 is 12.4 Å². The fraction of sp³-hybridized carbons (Fsp3) is 0.500. The van der Waals surface area contributed by atoms with Crippen LogP contribution in [0.3, 0.4) is 0 Å². The largest absolute Gasteiger partial charge is 0.390 e. The maximum atomic E-state index is 12.1. The Morgan fingerprint density at radius 2 is 1.47 bits per heavy atom. The molecule has 1 nitrogen and oxygen atoms in total. The van der Waals surface area contributed by atoms with E-state index in [9.17, 15) is 13.2 Å². The molecule has 1 rings (SSSR count). The number of halogens is 4. The van der Waals surface area contributed by atoms with E-state index in [0.29, 0.717) is 11.5 Å². The second kappa shape index (κ2) is 6.26. The minimum Gasteiger partial charge on any atom is -0.324 e. The van der Waals surface area contributed by atoms with Crippen LogP contribution in [0, 0.1) is 0 Å². The monoisotopic (exact) mass is 267 g/mol. The molecule has 0 bridgehead atoms. The summed E-state index contributed by atoms with van der Waals surface area (Å²) in [4.78, 5) is 0. The molecule has 0 heterocycles. The Bertz CT molecular complexity index is 333. The van der Waals surface area contributed by atoms with Crippen molar-refractivity contribution in [2.75, 3.05) is 0 Å². The van der Waals surface area contributed by atoms with E-state index in [2.05, 4.69) is 0 Å². The molecule has 0 spiro atoms. The Morgan fingerprint density at radius 3 is 1.82 bits per heavy atom. The summed E-state index contributed by atoms with van der Waals surface area (Å²) in [7, 11) is 0. The summed E-state index contributed by atoms with van der Waals surface area (Å²) < 4.78 is 36.4. The van der Waals surface area contributed by atoms with Crippen LogP contribution in [-0.4, -0.2) is 6.18 Å². The first kappa shape index (κ1) is 16.3. The van der Waals surface area contributed by atoms with Crippen molar-refractivity contribution in [1.82, 2.24) is 0 Å². The zero-order valence-electron chi connectivity index (χ0n) is 9.79. The maximum Gasteiger partial charge on any atom is 0.390 e. The summed E-state index contributed by atoms with van der Waals surface area (Å²) in [6.07, 6.45) is -5.19. The lowest BCUT2D eigenvalue weighted by Crippen LogP contribution is -2.20. The zero-order chi connectivity index (χ0) is 12.3. The van der Waals surface area contributed by atoms with E-state index in [1.54, 1.807) is 12.1 Å². The van der Waals surface area contributed by atoms with Crippen molar-refractivity contribution in [2.45, 2.75) is 38.4 Å². The van der Waals surface area contributed by atoms with Crippen molar-refractivity contribution in [3.63, 3.8) is 0 Å². The van der Waals surface area contributed by atoms with Gasteiger partial charge in [-0.3, -0.25) is 0 Å². The fourth-order valence-electron chi connectivity index (χ4n) is 1.50. The van der Waals surface area contributed by atoms with Crippen LogP contribution in [0.25, 0.3) is 0 Å². The van der Waals surface area contributed by atoms with Crippen LogP contribution in [0.5, 0.6) is 0 Å². The van der Waals surface area contributed by atoms with Crippen molar-refractivity contribution in [3.05, 3.63) is 35.4 Å². The van der Waals surface area contributed by atoms with Crippen LogP contribution in [0.2, 0.25) is 0 Å². The molecule has 1 atom stereocenters. The number of rotatable bonds is 3. The molecule has 0 radical (unpaired) electrons. The molecule has 17 heavy (non-hydrogen) atoms. The smallest absolute Gasteiger partial charge is 0.324 e. The average molecular weight is 268 g/mol. The van der Waals surface area contributed by atoms with Crippen LogP contribution >= 0.6 is 12.4 Å². The standard InChI is InChI=1S/C12H16F3N.ClH/c1-8(2)9-3-5-10(6-4-9)11(16)7-12(13,14)15;/h3-6,8,11H,7,16H2,1-2H3;1H/t11-;/m0./s1. The topological polar surface area (TPSA) is 26.0 Å². The van der Waals surface area contributed by atoms with Gasteiger partial charge in [0.1, 0.15) is 0 Å². The molecule has 0 aliphatic carbocycles. The normalized spacial score (nSPS) is 13.4. The maximum absolute atomic E-state index is 12.1. The van der Waals surface area contributed by atoms with Crippen molar-refractivity contribution in [1.29, 1.82) is 0 Å². The Labute approximate surface area is 106 Å². The molecule has 0 saturated heterocycles. The molecule has 0 amide bonds. The minimum absolute atomic E-state index is 0. The molecule has 2 N–H and O–H groups in total. The van der Waals surface area contributed by atoms with Gasteiger partial charge in [-0.25, -0.2) is 0 Å². The molecule has 0 aliphatic rings. The number of benzene rings is 1. The van der Waals surface area contributed by atoms with Crippen LogP contribution in [0.4, 0.5) is 13.2 Å². The summed E-state index contributed by atoms with van der Waals surface area (Å²) in [5.41, 5.74) is 7.12. The molecule has 5 heteroatoms. The van der Waals surface area contributed by atoms with Gasteiger partial charge in [-0.1, -0.05) is 38.1 Å². The van der Waals surface area contributed by atoms with E-state index in [1.807, 2.05) is 26.0 Å². The second-order valence-corrected chi connectivity index (χ2v) is 4.25. The van der Waals surface area contributed by atoms with E-state index in [-0.39, 0.29) is 12.4 Å². The predicted octanol–water partition coefficient (Wildman–Crippen LogP) is 4.18. The summed E-state index contributed by atoms with van der Waals surface area (Å²) >= 11 is 0. The SMILES string of the molecule is CC(C)c1ccc([C@@H](N)CC(F)(F)F)cc1.Cl. The number of hydrogen-bond donors (Lipinski definition) is 1. The molecular weight excluding hydrogens is 251 g/mol. The molecule has 0 fully saturated rings. The highest BCUT2D eigenvalue weighted by molar-refractivity contribution is 5.85. The van der Waals surface area contributed by atoms with Gasteiger partial charge in [0.15, 0.2) is 0 Å². The molecule has 0 aromatic heterocycles. The first-order chi connectivity index (χ1) is 7.29. The lowest BCUT2D eigenvalue weighted by atomic mass is 9.98. The van der Waals surface area contributed by atoms with Gasteiger partial charge < -0.3 is 5.73 Å². The number of hydrogen-bond acceptors (Lipinski definition) is 1. The lowest BCUT2D eigenvalue weighted by Gasteiger charge is -2.15. The Balaban J connectivity index is 0.00000256. The highest BCUT2D eigenvalue weighted by Crippen LogP contribution is 2.28. The third-order valence-corrected chi connectivity index (χ3v) is 2.48. The molecule has 1 aromatic carbocycles. The van der Waals surface area contributed by atoms with Crippen molar-refractivity contribution in [2.24, 2.45) is 5.73 Å². The third kappa shape index (κ3) is 5.41. The van der Waals surface area contributed by atoms with Gasteiger partial charge in [0.2, 0.25) is 0 Å². The molecule has 98 valence electrons. The van der Waals surface area contributed by atoms with Gasteiger partial charge in [-0.05, 0) is 17.0 Å². The van der Waals surface area contributed by atoms with Gasteiger partial charge in [0, 0.05) is 6.04 Å². The second-order valence-electron chi connectivity index (χ2n) is 4.25. The first-order valence-corrected chi connectivity index (χ1v) is 5.22. The molecule has 0 saturated carbocycles. The predicted molar refractivity (Wildman–Crippen MR) is 65.4 cm³/mol. The van der Waals surface area contributed by atoms with Crippen LogP contribution in [-0.2, 0) is 0 Å². The molecule has 0 unspecified atom stereocenters. The Hall–Kier alpha value is -0.740. The number of alkyl halides is 3. The van der Waals surface area contributed by atoms with Gasteiger partial charge in [0.25, 0.3) is 0 Å². The van der Waals surface area contributed by atoms with Gasteiger partial charge in [0.05, 0.1) is 6.42 Å². The molecular formula is C12H17ClF3N. The molecule has 0 aliphatic heterocycles. The average Bonchev–Trinajstić information content (AvgIpc) is 2.15. The van der Waals surface area contributed by atoms with E-state index < -0.39 is 18.6 Å². The highest BCUT2D eigenvalue weighted by atomic mass is 35.5. The number of nitrogens with two attached hydrogens (primary N) is 1. The summed E-state index contributed by atoms with van der Waals surface area (Å²) in [6.45, 7) is 4.06. The van der Waals surface area contributed by atoms with Gasteiger partial charge >= 0.3 is 6.18 Å². The van der Waals surface area contributed by atoms with E-state index in [4.69, 9.17) is 5.73 Å². The summed E-state index contributed by atoms with van der Waals surface area (Å²) in [5, 5.41) is 0. The van der Waals surface area contributed by atoms with Crippen LogP contribution in [0.15, 0.2) is 24.3 Å². The summed E-state index contributed by atoms with van der Waals surface area (Å²) in [5.74, 6) is 0.368. The third-order valence-electron chi connectivity index (χ3n) is 2.48. The minimum atomic E-state index is -4.21. The molecule has 1 aromatic rings. The van der Waals surface area contributed by atoms with Crippen molar-refractivity contribution in [3.8, 4) is 0 Å². The van der Waals surface area contributed by atoms with Gasteiger partial charge in [-0.15, -0.1) is 12.4 Å². The Kier molecular flexibility index (Phi) is 5.99. The first-order valence-electron chi connectivity index (χ1n) is 5.22. The highest BCUT2D eigenvalue weighted by Gasteiger charge is 2.30. The van der Waals surface area contributed by atoms with Crippen LogP contribution < -0.4 is 5.73 Å².